The number of benzene rings is 2. The van der Waals surface area contributed by atoms with Crippen molar-refractivity contribution in [2.24, 2.45) is 0 Å². The van der Waals surface area contributed by atoms with Crippen LogP contribution in [0.5, 0.6) is 0 Å². The highest BCUT2D eigenvalue weighted by Gasteiger charge is 2.54. The zero-order chi connectivity index (χ0) is 20.0. The number of amides is 2. The van der Waals surface area contributed by atoms with Gasteiger partial charge in [-0.25, -0.2) is 9.69 Å². The first-order valence-corrected chi connectivity index (χ1v) is 9.85. The van der Waals surface area contributed by atoms with Gasteiger partial charge >= 0.3 is 6.09 Å². The average Bonchev–Trinajstić information content (AvgIpc) is 2.81. The van der Waals surface area contributed by atoms with Crippen LogP contribution in [0.25, 0.3) is 0 Å². The number of anilines is 1. The van der Waals surface area contributed by atoms with Crippen molar-refractivity contribution in [3.63, 3.8) is 0 Å². The van der Waals surface area contributed by atoms with E-state index in [9.17, 15) is 9.59 Å². The van der Waals surface area contributed by atoms with Crippen molar-refractivity contribution in [3.8, 4) is 0 Å². The number of carbonyl (C=O) groups excluding carboxylic acids is 2. The Morgan fingerprint density at radius 1 is 1.15 bits per heavy atom. The van der Waals surface area contributed by atoms with Gasteiger partial charge in [-0.15, -0.1) is 0 Å². The van der Waals surface area contributed by atoms with Crippen LogP contribution in [0, 0.1) is 6.92 Å². The fraction of sp³-hybridized carbons (Fsp3) is 0.364. The number of hydrogen-bond acceptors (Lipinski definition) is 3. The third-order valence-electron chi connectivity index (χ3n) is 4.94. The van der Waals surface area contributed by atoms with Gasteiger partial charge in [0.25, 0.3) is 5.91 Å². The number of imide groups is 1. The minimum absolute atomic E-state index is 0.262. The standard InChI is InChI=1S/C22H24BrNO3/c1-6-22(16-10-8-7-9-14(16)2)17-12-11-15(23)13-18(17)24(19(22)25)20(26)27-21(3,4)5/h7-13H,6H2,1-5H3/t22-/m1/s1. The molecule has 1 heterocycles. The smallest absolute Gasteiger partial charge is 0.421 e. The Bertz CT molecular complexity index is 916. The first-order chi connectivity index (χ1) is 12.6. The Morgan fingerprint density at radius 2 is 1.81 bits per heavy atom. The van der Waals surface area contributed by atoms with Crippen molar-refractivity contribution in [2.45, 2.75) is 52.1 Å². The van der Waals surface area contributed by atoms with Gasteiger partial charge in [0.1, 0.15) is 11.0 Å². The number of halogens is 1. The highest BCUT2D eigenvalue weighted by Crippen LogP contribution is 2.50. The largest absolute Gasteiger partial charge is 0.443 e. The van der Waals surface area contributed by atoms with E-state index in [-0.39, 0.29) is 5.91 Å². The molecule has 0 aromatic heterocycles. The van der Waals surface area contributed by atoms with Crippen LogP contribution in [0.3, 0.4) is 0 Å². The van der Waals surface area contributed by atoms with Crippen LogP contribution in [0.1, 0.15) is 50.8 Å². The molecule has 0 spiro atoms. The summed E-state index contributed by atoms with van der Waals surface area (Å²) in [5, 5.41) is 0. The molecule has 142 valence electrons. The topological polar surface area (TPSA) is 46.6 Å². The van der Waals surface area contributed by atoms with Crippen LogP contribution in [-0.4, -0.2) is 17.6 Å². The summed E-state index contributed by atoms with van der Waals surface area (Å²) in [6.45, 7) is 9.36. The summed E-state index contributed by atoms with van der Waals surface area (Å²) >= 11 is 3.46. The Balaban J connectivity index is 2.25. The molecule has 5 heteroatoms. The third-order valence-corrected chi connectivity index (χ3v) is 5.43. The number of nitrogens with zero attached hydrogens (tertiary/aromatic N) is 1. The maximum Gasteiger partial charge on any atom is 0.421 e. The molecular weight excluding hydrogens is 406 g/mol. The van der Waals surface area contributed by atoms with Crippen LogP contribution in [0.4, 0.5) is 10.5 Å². The summed E-state index contributed by atoms with van der Waals surface area (Å²) in [6.07, 6.45) is -0.0966. The third kappa shape index (κ3) is 3.18. The predicted octanol–water partition coefficient (Wildman–Crippen LogP) is 5.74. The molecular formula is C22H24BrNO3. The molecule has 1 aliphatic rings. The van der Waals surface area contributed by atoms with Gasteiger partial charge in [0.15, 0.2) is 0 Å². The van der Waals surface area contributed by atoms with Gasteiger partial charge in [-0.2, -0.15) is 0 Å². The van der Waals surface area contributed by atoms with Crippen molar-refractivity contribution in [2.75, 3.05) is 4.90 Å². The summed E-state index contributed by atoms with van der Waals surface area (Å²) in [6, 6.07) is 13.5. The molecule has 0 unspecified atom stereocenters. The average molecular weight is 430 g/mol. The van der Waals surface area contributed by atoms with Crippen molar-refractivity contribution >= 4 is 33.6 Å². The van der Waals surface area contributed by atoms with E-state index in [1.807, 2.05) is 56.3 Å². The molecule has 0 aliphatic carbocycles. The fourth-order valence-corrected chi connectivity index (χ4v) is 4.15. The lowest BCUT2D eigenvalue weighted by Crippen LogP contribution is -2.45. The lowest BCUT2D eigenvalue weighted by molar-refractivity contribution is -0.121. The van der Waals surface area contributed by atoms with E-state index in [1.165, 1.54) is 4.90 Å². The van der Waals surface area contributed by atoms with E-state index in [2.05, 4.69) is 15.9 Å². The zero-order valence-electron chi connectivity index (χ0n) is 16.3. The molecule has 3 rings (SSSR count). The molecule has 0 N–H and O–H groups in total. The minimum atomic E-state index is -0.904. The maximum absolute atomic E-state index is 13.7. The second kappa shape index (κ2) is 6.79. The second-order valence-corrected chi connectivity index (χ2v) is 8.77. The van der Waals surface area contributed by atoms with Gasteiger partial charge in [0.05, 0.1) is 5.69 Å². The highest BCUT2D eigenvalue weighted by molar-refractivity contribution is 9.10. The van der Waals surface area contributed by atoms with Crippen LogP contribution < -0.4 is 4.90 Å². The summed E-state index contributed by atoms with van der Waals surface area (Å²) in [7, 11) is 0. The normalized spacial score (nSPS) is 19.2. The molecule has 4 nitrogen and oxygen atoms in total. The maximum atomic E-state index is 13.7. The lowest BCUT2D eigenvalue weighted by atomic mass is 9.72. The predicted molar refractivity (Wildman–Crippen MR) is 110 cm³/mol. The first kappa shape index (κ1) is 19.6. The number of aryl methyl sites for hydroxylation is 1. The number of hydrogen-bond donors (Lipinski definition) is 0. The van der Waals surface area contributed by atoms with Gasteiger partial charge in [-0.1, -0.05) is 53.2 Å². The van der Waals surface area contributed by atoms with Crippen LogP contribution in [0.2, 0.25) is 0 Å². The van der Waals surface area contributed by atoms with Crippen molar-refractivity contribution in [1.29, 1.82) is 0 Å². The molecule has 2 aromatic carbocycles. The molecule has 1 atom stereocenters. The van der Waals surface area contributed by atoms with E-state index >= 15 is 0 Å². The van der Waals surface area contributed by atoms with Crippen LogP contribution in [0.15, 0.2) is 46.9 Å². The number of rotatable bonds is 2. The first-order valence-electron chi connectivity index (χ1n) is 9.05. The van der Waals surface area contributed by atoms with Gasteiger partial charge in [0.2, 0.25) is 0 Å². The molecule has 2 amide bonds. The monoisotopic (exact) mass is 429 g/mol. The Morgan fingerprint density at radius 3 is 2.41 bits per heavy atom. The SMILES string of the molecule is CC[C@]1(c2ccccc2C)C(=O)N(C(=O)OC(C)(C)C)c2cc(Br)ccc21. The molecule has 0 saturated carbocycles. The van der Waals surface area contributed by atoms with Gasteiger partial charge in [-0.3, -0.25) is 4.79 Å². The van der Waals surface area contributed by atoms with E-state index in [0.717, 1.165) is 21.2 Å². The van der Waals surface area contributed by atoms with Crippen molar-refractivity contribution in [3.05, 3.63) is 63.6 Å². The van der Waals surface area contributed by atoms with Gasteiger partial charge < -0.3 is 4.74 Å². The van der Waals surface area contributed by atoms with E-state index < -0.39 is 17.1 Å². The highest BCUT2D eigenvalue weighted by atomic mass is 79.9. The Kier molecular flexibility index (Phi) is 4.93. The molecule has 2 aromatic rings. The Labute approximate surface area is 168 Å². The fourth-order valence-electron chi connectivity index (χ4n) is 3.80. The van der Waals surface area contributed by atoms with Crippen molar-refractivity contribution in [1.82, 2.24) is 0 Å². The number of ether oxygens (including phenoxy) is 1. The number of carbonyl (C=O) groups is 2. The van der Waals surface area contributed by atoms with Crippen molar-refractivity contribution < 1.29 is 14.3 Å². The van der Waals surface area contributed by atoms with Gasteiger partial charge in [-0.05, 0) is 62.9 Å². The zero-order valence-corrected chi connectivity index (χ0v) is 17.9. The van der Waals surface area contributed by atoms with E-state index in [1.54, 1.807) is 20.8 Å². The summed E-state index contributed by atoms with van der Waals surface area (Å²) in [4.78, 5) is 27.8. The minimum Gasteiger partial charge on any atom is -0.443 e. The van der Waals surface area contributed by atoms with E-state index in [4.69, 9.17) is 4.74 Å². The molecule has 0 radical (unpaired) electrons. The Hall–Kier alpha value is -2.14. The summed E-state index contributed by atoms with van der Waals surface area (Å²) in [5.74, 6) is -0.262. The van der Waals surface area contributed by atoms with Crippen LogP contribution in [-0.2, 0) is 14.9 Å². The molecule has 0 fully saturated rings. The summed E-state index contributed by atoms with van der Waals surface area (Å²) < 4.78 is 6.35. The second-order valence-electron chi connectivity index (χ2n) is 7.86. The molecule has 1 aliphatic heterocycles. The molecule has 0 bridgehead atoms. The number of fused-ring (bicyclic) bond motifs is 1. The quantitative estimate of drug-likeness (QED) is 0.611. The summed E-state index contributed by atoms with van der Waals surface area (Å²) in [5.41, 5.74) is 1.76. The van der Waals surface area contributed by atoms with E-state index in [0.29, 0.717) is 12.1 Å². The lowest BCUT2D eigenvalue weighted by Gasteiger charge is -2.30. The van der Waals surface area contributed by atoms with Crippen LogP contribution >= 0.6 is 15.9 Å². The van der Waals surface area contributed by atoms with Gasteiger partial charge in [0, 0.05) is 4.47 Å². The molecule has 27 heavy (non-hydrogen) atoms. The molecule has 0 saturated heterocycles.